The van der Waals surface area contributed by atoms with Crippen molar-refractivity contribution in [2.75, 3.05) is 32.7 Å². The molecule has 2 aliphatic rings. The minimum Gasteiger partial charge on any atom is -0.316 e. The van der Waals surface area contributed by atoms with Crippen LogP contribution in [0.1, 0.15) is 0 Å². The third-order valence-corrected chi connectivity index (χ3v) is 2.30. The molecule has 11 heavy (non-hydrogen) atoms. The summed E-state index contributed by atoms with van der Waals surface area (Å²) in [5.74, 6) is 0.799. The molecule has 0 aliphatic carbocycles. The lowest BCUT2D eigenvalue weighted by Crippen LogP contribution is -2.55. The van der Waals surface area contributed by atoms with E-state index in [1.54, 1.807) is 0 Å². The molecule has 2 nitrogen and oxygen atoms in total. The predicted molar refractivity (Wildman–Crippen MR) is 44.9 cm³/mol. The first-order valence-corrected chi connectivity index (χ1v) is 3.92. The monoisotopic (exact) mass is 180 g/mol. The van der Waals surface area contributed by atoms with Crippen LogP contribution in [0.3, 0.4) is 0 Å². The number of hydrogen-bond donors (Lipinski definition) is 1. The maximum Gasteiger partial charge on any atom is 0.125 e. The van der Waals surface area contributed by atoms with Crippen molar-refractivity contribution in [3.8, 4) is 0 Å². The average molecular weight is 181 g/mol. The molecule has 0 radical (unpaired) electrons. The fourth-order valence-corrected chi connectivity index (χ4v) is 1.50. The second-order valence-electron chi connectivity index (χ2n) is 3.34. The minimum absolute atomic E-state index is 0. The van der Waals surface area contributed by atoms with Gasteiger partial charge in [0.1, 0.15) is 6.17 Å². The van der Waals surface area contributed by atoms with Gasteiger partial charge in [0.25, 0.3) is 0 Å². The second kappa shape index (κ2) is 3.70. The highest BCUT2D eigenvalue weighted by Crippen LogP contribution is 2.14. The van der Waals surface area contributed by atoms with E-state index in [2.05, 4.69) is 10.2 Å². The first-order valence-electron chi connectivity index (χ1n) is 3.92. The maximum atomic E-state index is 12.3. The Bertz CT molecular complexity index is 124. The summed E-state index contributed by atoms with van der Waals surface area (Å²) < 4.78 is 12.3. The van der Waals surface area contributed by atoms with Crippen LogP contribution in [0, 0.1) is 5.92 Å². The van der Waals surface area contributed by atoms with E-state index in [1.165, 1.54) is 0 Å². The van der Waals surface area contributed by atoms with Gasteiger partial charge in [-0.15, -0.1) is 12.4 Å². The first kappa shape index (κ1) is 9.23. The van der Waals surface area contributed by atoms with E-state index in [0.29, 0.717) is 13.1 Å². The zero-order valence-electron chi connectivity index (χ0n) is 6.42. The smallest absolute Gasteiger partial charge is 0.125 e. The van der Waals surface area contributed by atoms with Gasteiger partial charge in [0.15, 0.2) is 0 Å². The van der Waals surface area contributed by atoms with Gasteiger partial charge in [-0.1, -0.05) is 0 Å². The van der Waals surface area contributed by atoms with E-state index < -0.39 is 6.17 Å². The number of halogens is 2. The maximum absolute atomic E-state index is 12.3. The fraction of sp³-hybridized carbons (Fsp3) is 1.00. The molecular weight excluding hydrogens is 167 g/mol. The van der Waals surface area contributed by atoms with Crippen molar-refractivity contribution < 1.29 is 4.39 Å². The van der Waals surface area contributed by atoms with Crippen LogP contribution in [0.25, 0.3) is 0 Å². The Kier molecular flexibility index (Phi) is 3.10. The topological polar surface area (TPSA) is 15.3 Å². The van der Waals surface area contributed by atoms with Crippen molar-refractivity contribution >= 4 is 12.4 Å². The molecule has 2 aliphatic heterocycles. The van der Waals surface area contributed by atoms with Gasteiger partial charge >= 0.3 is 0 Å². The lowest BCUT2D eigenvalue weighted by Gasteiger charge is -2.39. The van der Waals surface area contributed by atoms with Crippen LogP contribution in [0.5, 0.6) is 0 Å². The van der Waals surface area contributed by atoms with Gasteiger partial charge in [0.05, 0.1) is 0 Å². The summed E-state index contributed by atoms with van der Waals surface area (Å²) >= 11 is 0. The molecule has 4 heteroatoms. The van der Waals surface area contributed by atoms with E-state index in [-0.39, 0.29) is 12.4 Å². The van der Waals surface area contributed by atoms with Crippen molar-refractivity contribution in [2.24, 2.45) is 5.92 Å². The molecule has 0 saturated carbocycles. The number of nitrogens with zero attached hydrogens (tertiary/aromatic N) is 1. The highest BCUT2D eigenvalue weighted by atomic mass is 35.5. The van der Waals surface area contributed by atoms with Crippen molar-refractivity contribution in [2.45, 2.75) is 6.17 Å². The Hall–Kier alpha value is 0.140. The van der Waals surface area contributed by atoms with Crippen LogP contribution in [-0.4, -0.2) is 43.8 Å². The highest BCUT2D eigenvalue weighted by molar-refractivity contribution is 5.85. The van der Waals surface area contributed by atoms with Crippen LogP contribution >= 0.6 is 12.4 Å². The molecule has 66 valence electrons. The summed E-state index contributed by atoms with van der Waals surface area (Å²) in [6.07, 6.45) is -0.534. The Morgan fingerprint density at radius 1 is 1.36 bits per heavy atom. The van der Waals surface area contributed by atoms with Gasteiger partial charge in [-0.25, -0.2) is 4.39 Å². The standard InChI is InChI=1S/C7H13FN2.ClH/c8-7-4-10(5-7)3-6-1-9-2-6;/h6-7,9H,1-5H2;1H. The molecule has 0 aromatic carbocycles. The van der Waals surface area contributed by atoms with Crippen molar-refractivity contribution in [1.29, 1.82) is 0 Å². The molecule has 0 unspecified atom stereocenters. The molecule has 1 N–H and O–H groups in total. The van der Waals surface area contributed by atoms with Gasteiger partial charge in [-0.05, 0) is 5.92 Å². The van der Waals surface area contributed by atoms with Crippen LogP contribution < -0.4 is 5.32 Å². The van der Waals surface area contributed by atoms with Gasteiger partial charge in [-0.2, -0.15) is 0 Å². The van der Waals surface area contributed by atoms with Gasteiger partial charge in [0.2, 0.25) is 0 Å². The average Bonchev–Trinajstić information content (AvgIpc) is 1.72. The number of nitrogens with one attached hydrogen (secondary N) is 1. The van der Waals surface area contributed by atoms with E-state index in [0.717, 1.165) is 25.6 Å². The molecule has 2 fully saturated rings. The SMILES string of the molecule is Cl.FC1CN(CC2CNC2)C1. The molecule has 2 heterocycles. The Labute approximate surface area is 72.5 Å². The molecule has 2 saturated heterocycles. The summed E-state index contributed by atoms with van der Waals surface area (Å²) in [6.45, 7) is 4.72. The number of rotatable bonds is 2. The van der Waals surface area contributed by atoms with E-state index in [1.807, 2.05) is 0 Å². The van der Waals surface area contributed by atoms with Crippen molar-refractivity contribution in [3.05, 3.63) is 0 Å². The molecule has 0 aromatic rings. The number of alkyl halides is 1. The van der Waals surface area contributed by atoms with Gasteiger partial charge in [0, 0.05) is 32.7 Å². The van der Waals surface area contributed by atoms with E-state index >= 15 is 0 Å². The molecule has 0 atom stereocenters. The second-order valence-corrected chi connectivity index (χ2v) is 3.34. The molecule has 0 spiro atoms. The highest BCUT2D eigenvalue weighted by Gasteiger charge is 2.29. The minimum atomic E-state index is -0.534. The van der Waals surface area contributed by atoms with E-state index in [4.69, 9.17) is 0 Å². The van der Waals surface area contributed by atoms with Crippen molar-refractivity contribution in [1.82, 2.24) is 10.2 Å². The lowest BCUT2D eigenvalue weighted by molar-refractivity contribution is 0.0436. The fourth-order valence-electron chi connectivity index (χ4n) is 1.50. The summed E-state index contributed by atoms with van der Waals surface area (Å²) in [5, 5.41) is 3.21. The third-order valence-electron chi connectivity index (χ3n) is 2.30. The van der Waals surface area contributed by atoms with Crippen LogP contribution in [-0.2, 0) is 0 Å². The summed E-state index contributed by atoms with van der Waals surface area (Å²) in [7, 11) is 0. The van der Waals surface area contributed by atoms with Gasteiger partial charge in [-0.3, -0.25) is 4.90 Å². The summed E-state index contributed by atoms with van der Waals surface area (Å²) in [5.41, 5.74) is 0. The molecule has 0 bridgehead atoms. The van der Waals surface area contributed by atoms with Crippen LogP contribution in [0.15, 0.2) is 0 Å². The predicted octanol–water partition coefficient (Wildman–Crippen LogP) is 0.281. The lowest BCUT2D eigenvalue weighted by atomic mass is 10.0. The first-order chi connectivity index (χ1) is 4.84. The number of likely N-dealkylation sites (tertiary alicyclic amines) is 1. The molecular formula is C7H14ClFN2. The van der Waals surface area contributed by atoms with Gasteiger partial charge < -0.3 is 5.32 Å². The summed E-state index contributed by atoms with van der Waals surface area (Å²) in [4.78, 5) is 2.19. The number of hydrogen-bond acceptors (Lipinski definition) is 2. The normalized spacial score (nSPS) is 27.0. The zero-order valence-corrected chi connectivity index (χ0v) is 7.24. The Balaban J connectivity index is 0.000000605. The van der Waals surface area contributed by atoms with Crippen LogP contribution in [0.4, 0.5) is 4.39 Å². The molecule has 2 rings (SSSR count). The zero-order chi connectivity index (χ0) is 6.97. The quantitative estimate of drug-likeness (QED) is 0.657. The molecule has 0 amide bonds. The van der Waals surface area contributed by atoms with Crippen LogP contribution in [0.2, 0.25) is 0 Å². The van der Waals surface area contributed by atoms with Crippen molar-refractivity contribution in [3.63, 3.8) is 0 Å². The largest absolute Gasteiger partial charge is 0.316 e. The third kappa shape index (κ3) is 2.04. The Morgan fingerprint density at radius 2 is 2.00 bits per heavy atom. The molecule has 0 aromatic heterocycles. The summed E-state index contributed by atoms with van der Waals surface area (Å²) in [6, 6.07) is 0. The van der Waals surface area contributed by atoms with E-state index in [9.17, 15) is 4.39 Å². The Morgan fingerprint density at radius 3 is 2.36 bits per heavy atom.